The van der Waals surface area contributed by atoms with E-state index in [1.807, 2.05) is 4.90 Å². The Labute approximate surface area is 108 Å². The van der Waals surface area contributed by atoms with Crippen molar-refractivity contribution in [2.24, 2.45) is 5.92 Å². The first kappa shape index (κ1) is 12.7. The molecule has 1 unspecified atom stereocenters. The smallest absolute Gasteiger partial charge is 0.256 e. The molecular formula is C14H20N2O2. The summed E-state index contributed by atoms with van der Waals surface area (Å²) in [5.74, 6) is 1.14. The summed E-state index contributed by atoms with van der Waals surface area (Å²) in [6, 6.07) is 5.33. The van der Waals surface area contributed by atoms with Crippen molar-refractivity contribution >= 4 is 11.6 Å². The lowest BCUT2D eigenvalue weighted by Crippen LogP contribution is -2.39. The number of nitrogen functional groups attached to an aromatic ring is 1. The van der Waals surface area contributed by atoms with Crippen molar-refractivity contribution in [3.63, 3.8) is 0 Å². The van der Waals surface area contributed by atoms with E-state index in [1.165, 1.54) is 6.42 Å². The molecule has 1 aromatic rings. The van der Waals surface area contributed by atoms with Gasteiger partial charge in [0.15, 0.2) is 0 Å². The lowest BCUT2D eigenvalue weighted by Gasteiger charge is -2.31. The van der Waals surface area contributed by atoms with Crippen LogP contribution in [0.1, 0.15) is 30.1 Å². The predicted octanol–water partition coefficient (Wildman–Crippen LogP) is 2.15. The van der Waals surface area contributed by atoms with E-state index in [-0.39, 0.29) is 5.91 Å². The Bertz CT molecular complexity index is 445. The number of carbonyl (C=O) groups is 1. The maximum Gasteiger partial charge on any atom is 0.256 e. The van der Waals surface area contributed by atoms with Crippen LogP contribution in [0.25, 0.3) is 0 Å². The highest BCUT2D eigenvalue weighted by molar-refractivity contribution is 6.00. The lowest BCUT2D eigenvalue weighted by molar-refractivity contribution is 0.0684. The van der Waals surface area contributed by atoms with Gasteiger partial charge < -0.3 is 15.4 Å². The molecule has 1 aliphatic heterocycles. The van der Waals surface area contributed by atoms with E-state index in [4.69, 9.17) is 10.5 Å². The van der Waals surface area contributed by atoms with Crippen molar-refractivity contribution in [3.05, 3.63) is 23.8 Å². The van der Waals surface area contributed by atoms with Crippen LogP contribution >= 0.6 is 0 Å². The van der Waals surface area contributed by atoms with Crippen LogP contribution in [0.2, 0.25) is 0 Å². The van der Waals surface area contributed by atoms with E-state index in [0.717, 1.165) is 19.5 Å². The second-order valence-electron chi connectivity index (χ2n) is 4.92. The molecule has 1 heterocycles. The molecule has 1 aromatic carbocycles. The number of nitrogens with two attached hydrogens (primary N) is 1. The van der Waals surface area contributed by atoms with E-state index >= 15 is 0 Å². The summed E-state index contributed by atoms with van der Waals surface area (Å²) >= 11 is 0. The van der Waals surface area contributed by atoms with Crippen molar-refractivity contribution in [3.8, 4) is 5.75 Å². The number of para-hydroxylation sites is 1. The van der Waals surface area contributed by atoms with Crippen molar-refractivity contribution in [2.45, 2.75) is 19.8 Å². The van der Waals surface area contributed by atoms with Crippen LogP contribution in [0.15, 0.2) is 18.2 Å². The summed E-state index contributed by atoms with van der Waals surface area (Å²) in [5.41, 5.74) is 6.94. The molecule has 1 aliphatic rings. The molecule has 98 valence electrons. The Balaban J connectivity index is 2.23. The van der Waals surface area contributed by atoms with Gasteiger partial charge >= 0.3 is 0 Å². The zero-order valence-corrected chi connectivity index (χ0v) is 11.0. The van der Waals surface area contributed by atoms with E-state index in [2.05, 4.69) is 6.92 Å². The van der Waals surface area contributed by atoms with Crippen molar-refractivity contribution in [1.29, 1.82) is 0 Å². The number of hydrogen-bond donors (Lipinski definition) is 1. The van der Waals surface area contributed by atoms with Crippen LogP contribution in [0.5, 0.6) is 5.75 Å². The third-order valence-corrected chi connectivity index (χ3v) is 3.46. The highest BCUT2D eigenvalue weighted by atomic mass is 16.5. The van der Waals surface area contributed by atoms with Gasteiger partial charge in [0.1, 0.15) is 5.75 Å². The Morgan fingerprint density at radius 2 is 2.28 bits per heavy atom. The lowest BCUT2D eigenvalue weighted by atomic mass is 9.99. The number of rotatable bonds is 2. The van der Waals surface area contributed by atoms with E-state index in [0.29, 0.717) is 22.9 Å². The fourth-order valence-electron chi connectivity index (χ4n) is 2.45. The van der Waals surface area contributed by atoms with Gasteiger partial charge in [-0.25, -0.2) is 0 Å². The quantitative estimate of drug-likeness (QED) is 0.816. The number of likely N-dealkylation sites (tertiary alicyclic amines) is 1. The average molecular weight is 248 g/mol. The van der Waals surface area contributed by atoms with Gasteiger partial charge in [-0.05, 0) is 30.9 Å². The van der Waals surface area contributed by atoms with Crippen molar-refractivity contribution < 1.29 is 9.53 Å². The van der Waals surface area contributed by atoms with E-state index < -0.39 is 0 Å². The van der Waals surface area contributed by atoms with Gasteiger partial charge in [-0.15, -0.1) is 0 Å². The molecule has 0 bridgehead atoms. The standard InChI is InChI=1S/C14H20N2O2/c1-10-5-4-8-16(9-10)14(17)11-6-3-7-12(18-2)13(11)15/h3,6-7,10H,4-5,8-9,15H2,1-2H3. The Kier molecular flexibility index (Phi) is 3.75. The van der Waals surface area contributed by atoms with Crippen LogP contribution in [-0.4, -0.2) is 31.0 Å². The topological polar surface area (TPSA) is 55.6 Å². The summed E-state index contributed by atoms with van der Waals surface area (Å²) in [6.45, 7) is 3.81. The minimum Gasteiger partial charge on any atom is -0.495 e. The molecule has 4 nitrogen and oxygen atoms in total. The second kappa shape index (κ2) is 5.29. The van der Waals surface area contributed by atoms with Crippen LogP contribution in [0, 0.1) is 5.92 Å². The molecule has 0 saturated carbocycles. The van der Waals surface area contributed by atoms with Crippen LogP contribution in [-0.2, 0) is 0 Å². The van der Waals surface area contributed by atoms with Gasteiger partial charge in [0.2, 0.25) is 0 Å². The van der Waals surface area contributed by atoms with Crippen LogP contribution in [0.3, 0.4) is 0 Å². The molecule has 18 heavy (non-hydrogen) atoms. The minimum atomic E-state index is 0.0120. The van der Waals surface area contributed by atoms with Gasteiger partial charge in [0.05, 0.1) is 18.4 Å². The highest BCUT2D eigenvalue weighted by Crippen LogP contribution is 2.27. The number of carbonyl (C=O) groups excluding carboxylic acids is 1. The molecule has 1 fully saturated rings. The average Bonchev–Trinajstić information content (AvgIpc) is 2.38. The molecule has 4 heteroatoms. The summed E-state index contributed by atoms with van der Waals surface area (Å²) in [5, 5.41) is 0. The number of piperidine rings is 1. The zero-order chi connectivity index (χ0) is 13.1. The Hall–Kier alpha value is -1.71. The van der Waals surface area contributed by atoms with Crippen LogP contribution in [0.4, 0.5) is 5.69 Å². The Morgan fingerprint density at radius 1 is 1.50 bits per heavy atom. The van der Waals surface area contributed by atoms with Crippen LogP contribution < -0.4 is 10.5 Å². The van der Waals surface area contributed by atoms with Gasteiger partial charge in [-0.3, -0.25) is 4.79 Å². The number of hydrogen-bond acceptors (Lipinski definition) is 3. The molecule has 1 saturated heterocycles. The largest absolute Gasteiger partial charge is 0.495 e. The first-order valence-corrected chi connectivity index (χ1v) is 6.35. The summed E-state index contributed by atoms with van der Waals surface area (Å²) < 4.78 is 5.15. The molecule has 1 atom stereocenters. The number of methoxy groups -OCH3 is 1. The summed E-state index contributed by atoms with van der Waals surface area (Å²) in [4.78, 5) is 14.3. The molecular weight excluding hydrogens is 228 g/mol. The van der Waals surface area contributed by atoms with Gasteiger partial charge in [-0.2, -0.15) is 0 Å². The number of amides is 1. The zero-order valence-electron chi connectivity index (χ0n) is 11.0. The molecule has 0 radical (unpaired) electrons. The number of benzene rings is 1. The maximum absolute atomic E-state index is 12.4. The SMILES string of the molecule is COc1cccc(C(=O)N2CCCC(C)C2)c1N. The highest BCUT2D eigenvalue weighted by Gasteiger charge is 2.24. The summed E-state index contributed by atoms with van der Waals surface area (Å²) in [7, 11) is 1.56. The number of ether oxygens (including phenoxy) is 1. The first-order chi connectivity index (χ1) is 8.63. The molecule has 2 N–H and O–H groups in total. The molecule has 0 spiro atoms. The fraction of sp³-hybridized carbons (Fsp3) is 0.500. The van der Waals surface area contributed by atoms with Crippen molar-refractivity contribution in [1.82, 2.24) is 4.90 Å². The second-order valence-corrected chi connectivity index (χ2v) is 4.92. The first-order valence-electron chi connectivity index (χ1n) is 6.35. The molecule has 0 aromatic heterocycles. The predicted molar refractivity (Wildman–Crippen MR) is 71.7 cm³/mol. The van der Waals surface area contributed by atoms with Gasteiger partial charge in [0, 0.05) is 13.1 Å². The van der Waals surface area contributed by atoms with Crippen molar-refractivity contribution in [2.75, 3.05) is 25.9 Å². The Morgan fingerprint density at radius 3 is 2.94 bits per heavy atom. The minimum absolute atomic E-state index is 0.0120. The monoisotopic (exact) mass is 248 g/mol. The summed E-state index contributed by atoms with van der Waals surface area (Å²) in [6.07, 6.45) is 2.26. The third kappa shape index (κ3) is 2.42. The van der Waals surface area contributed by atoms with Gasteiger partial charge in [-0.1, -0.05) is 13.0 Å². The van der Waals surface area contributed by atoms with Gasteiger partial charge in [0.25, 0.3) is 5.91 Å². The molecule has 0 aliphatic carbocycles. The maximum atomic E-state index is 12.4. The molecule has 2 rings (SSSR count). The van der Waals surface area contributed by atoms with E-state index in [9.17, 15) is 4.79 Å². The fourth-order valence-corrected chi connectivity index (χ4v) is 2.45. The molecule has 1 amide bonds. The van der Waals surface area contributed by atoms with E-state index in [1.54, 1.807) is 25.3 Å². The number of nitrogens with zero attached hydrogens (tertiary/aromatic N) is 1. The normalized spacial score (nSPS) is 19.7. The number of anilines is 1. The third-order valence-electron chi connectivity index (χ3n) is 3.46.